The first kappa shape index (κ1) is 25.6. The van der Waals surface area contributed by atoms with E-state index >= 15 is 0 Å². The van der Waals surface area contributed by atoms with Crippen molar-refractivity contribution in [3.05, 3.63) is 58.8 Å². The number of aromatic carboxylic acids is 1. The second-order valence-corrected chi connectivity index (χ2v) is 12.1. The lowest BCUT2D eigenvalue weighted by molar-refractivity contribution is -0.123. The molecule has 204 valence electrons. The number of ether oxygens (including phenoxy) is 1. The van der Waals surface area contributed by atoms with Gasteiger partial charge in [0.25, 0.3) is 0 Å². The first-order valence-corrected chi connectivity index (χ1v) is 14.3. The molecule has 4 aliphatic rings. The van der Waals surface area contributed by atoms with Crippen LogP contribution in [0, 0.1) is 11.8 Å². The SMILES string of the molecule is CC1CCC(C(=O)N(c2cc(-c3ccc4c(c3)OCN3C5=CC=CN(N)C5=NC43)sc2C(=O)O)C(C)C)CC1. The minimum absolute atomic E-state index is 0.0252. The van der Waals surface area contributed by atoms with Crippen molar-refractivity contribution in [2.75, 3.05) is 11.6 Å². The Kier molecular flexibility index (Phi) is 6.47. The molecular weight excluding hydrogens is 514 g/mol. The van der Waals surface area contributed by atoms with Crippen molar-refractivity contribution >= 4 is 34.7 Å². The van der Waals surface area contributed by atoms with Crippen LogP contribution in [-0.2, 0) is 4.79 Å². The predicted molar refractivity (Wildman–Crippen MR) is 151 cm³/mol. The zero-order valence-electron chi connectivity index (χ0n) is 22.3. The van der Waals surface area contributed by atoms with Gasteiger partial charge in [0.1, 0.15) is 10.6 Å². The summed E-state index contributed by atoms with van der Waals surface area (Å²) in [7, 11) is 0. The van der Waals surface area contributed by atoms with Gasteiger partial charge in [0.05, 0.1) is 11.4 Å². The number of benzene rings is 1. The Morgan fingerprint density at radius 3 is 2.69 bits per heavy atom. The Labute approximate surface area is 231 Å². The number of anilines is 1. The lowest BCUT2D eigenvalue weighted by Crippen LogP contribution is -2.42. The molecular formula is C29H33N5O4S. The summed E-state index contributed by atoms with van der Waals surface area (Å²) in [6.45, 7) is 6.44. The van der Waals surface area contributed by atoms with E-state index < -0.39 is 5.97 Å². The number of hydrogen-bond acceptors (Lipinski definition) is 8. The van der Waals surface area contributed by atoms with E-state index in [4.69, 9.17) is 15.6 Å². The van der Waals surface area contributed by atoms with Gasteiger partial charge >= 0.3 is 5.97 Å². The largest absolute Gasteiger partial charge is 0.477 e. The van der Waals surface area contributed by atoms with Crippen molar-refractivity contribution in [2.45, 2.75) is 58.7 Å². The monoisotopic (exact) mass is 547 g/mol. The van der Waals surface area contributed by atoms with Gasteiger partial charge in [0.2, 0.25) is 5.91 Å². The summed E-state index contributed by atoms with van der Waals surface area (Å²) in [4.78, 5) is 35.6. The molecule has 4 heterocycles. The van der Waals surface area contributed by atoms with Crippen LogP contribution < -0.4 is 15.5 Å². The molecule has 9 nitrogen and oxygen atoms in total. The average molecular weight is 548 g/mol. The zero-order valence-corrected chi connectivity index (χ0v) is 23.1. The highest BCUT2D eigenvalue weighted by molar-refractivity contribution is 7.18. The van der Waals surface area contributed by atoms with Crippen LogP contribution in [0.3, 0.4) is 0 Å². The molecule has 2 aromatic rings. The normalized spacial score (nSPS) is 23.5. The number of fused-ring (bicyclic) bond motifs is 5. The van der Waals surface area contributed by atoms with Crippen molar-refractivity contribution in [2.24, 2.45) is 22.7 Å². The molecule has 1 aliphatic carbocycles. The van der Waals surface area contributed by atoms with E-state index in [1.807, 2.05) is 50.3 Å². The maximum Gasteiger partial charge on any atom is 0.348 e. The molecule has 1 saturated carbocycles. The van der Waals surface area contributed by atoms with Crippen LogP contribution in [0.1, 0.15) is 67.9 Å². The van der Waals surface area contributed by atoms with Gasteiger partial charge in [-0.25, -0.2) is 15.6 Å². The molecule has 0 bridgehead atoms. The third kappa shape index (κ3) is 4.41. The van der Waals surface area contributed by atoms with Crippen LogP contribution in [0.15, 0.2) is 53.3 Å². The molecule has 3 N–H and O–H groups in total. The fourth-order valence-corrected chi connectivity index (χ4v) is 6.92. The summed E-state index contributed by atoms with van der Waals surface area (Å²) in [5.74, 6) is 7.04. The number of nitrogens with zero attached hydrogens (tertiary/aromatic N) is 4. The summed E-state index contributed by atoms with van der Waals surface area (Å²) < 4.78 is 6.13. The van der Waals surface area contributed by atoms with Crippen LogP contribution in [0.4, 0.5) is 5.69 Å². The third-order valence-corrected chi connectivity index (χ3v) is 9.21. The number of hydrogen-bond donors (Lipinski definition) is 2. The number of hydrazine groups is 1. The number of carbonyl (C=O) groups is 2. The van der Waals surface area contributed by atoms with Crippen LogP contribution in [-0.4, -0.2) is 45.5 Å². The highest BCUT2D eigenvalue weighted by Gasteiger charge is 2.39. The number of aliphatic imine (C=N–C) groups is 1. The topological polar surface area (TPSA) is 112 Å². The van der Waals surface area contributed by atoms with Crippen molar-refractivity contribution < 1.29 is 19.4 Å². The smallest absolute Gasteiger partial charge is 0.348 e. The Balaban J connectivity index is 1.33. The van der Waals surface area contributed by atoms with Gasteiger partial charge in [-0.15, -0.1) is 11.3 Å². The summed E-state index contributed by atoms with van der Waals surface area (Å²) in [6, 6.07) is 7.57. The number of nitrogens with two attached hydrogens (primary N) is 1. The first-order valence-electron chi connectivity index (χ1n) is 13.5. The summed E-state index contributed by atoms with van der Waals surface area (Å²) in [5.41, 5.74) is 3.15. The number of rotatable bonds is 5. The number of carboxylic acids is 1. The second-order valence-electron chi connectivity index (χ2n) is 11.0. The third-order valence-electron chi connectivity index (χ3n) is 8.04. The Hall–Kier alpha value is -3.63. The van der Waals surface area contributed by atoms with Crippen LogP contribution in [0.25, 0.3) is 10.4 Å². The fraction of sp³-hybridized carbons (Fsp3) is 0.414. The van der Waals surface area contributed by atoms with E-state index in [1.165, 1.54) is 16.3 Å². The molecule has 6 rings (SSSR count). The average Bonchev–Trinajstić information content (AvgIpc) is 3.52. The second kappa shape index (κ2) is 9.84. The van der Waals surface area contributed by atoms with E-state index in [1.54, 1.807) is 11.1 Å². The minimum atomic E-state index is -1.03. The molecule has 1 atom stereocenters. The Morgan fingerprint density at radius 1 is 1.21 bits per heavy atom. The number of carboxylic acid groups (broad SMARTS) is 1. The predicted octanol–water partition coefficient (Wildman–Crippen LogP) is 5.33. The first-order chi connectivity index (χ1) is 18.7. The van der Waals surface area contributed by atoms with Gasteiger partial charge in [-0.05, 0) is 75.3 Å². The Morgan fingerprint density at radius 2 is 1.97 bits per heavy atom. The van der Waals surface area contributed by atoms with Crippen molar-refractivity contribution in [3.63, 3.8) is 0 Å². The highest BCUT2D eigenvalue weighted by Crippen LogP contribution is 2.45. The minimum Gasteiger partial charge on any atom is -0.477 e. The summed E-state index contributed by atoms with van der Waals surface area (Å²) >= 11 is 1.19. The quantitative estimate of drug-likeness (QED) is 0.487. The molecule has 39 heavy (non-hydrogen) atoms. The van der Waals surface area contributed by atoms with Crippen molar-refractivity contribution in [1.82, 2.24) is 9.91 Å². The summed E-state index contributed by atoms with van der Waals surface area (Å²) in [5, 5.41) is 11.6. The van der Waals surface area contributed by atoms with Gasteiger partial charge < -0.3 is 19.6 Å². The van der Waals surface area contributed by atoms with Gasteiger partial charge in [0.15, 0.2) is 18.7 Å². The van der Waals surface area contributed by atoms with Crippen LogP contribution in [0.2, 0.25) is 0 Å². The van der Waals surface area contributed by atoms with Gasteiger partial charge in [-0.2, -0.15) is 0 Å². The lowest BCUT2D eigenvalue weighted by Gasteiger charge is -2.33. The molecule has 1 aromatic carbocycles. The number of thiophene rings is 1. The van der Waals surface area contributed by atoms with E-state index in [0.717, 1.165) is 47.4 Å². The molecule has 1 unspecified atom stereocenters. The molecule has 0 saturated heterocycles. The Bertz CT molecular complexity index is 1420. The van der Waals surface area contributed by atoms with E-state index in [2.05, 4.69) is 11.8 Å². The highest BCUT2D eigenvalue weighted by atomic mass is 32.1. The molecule has 1 amide bonds. The fourth-order valence-electron chi connectivity index (χ4n) is 5.93. The number of amides is 1. The number of amidine groups is 1. The standard InChI is InChI=1S/C29H33N5O4S/c1-16(2)34(28(35)18-8-6-17(3)7-9-18)22-14-24(39-25(22)29(36)37)19-10-11-20-23(13-19)38-15-32-21-5-4-12-33(30)27(21)31-26(20)32/h4-5,10-14,16-18,26H,6-9,15,30H2,1-3H3,(H,36,37). The lowest BCUT2D eigenvalue weighted by atomic mass is 9.82. The molecule has 3 aliphatic heterocycles. The number of carbonyl (C=O) groups excluding carboxylic acids is 1. The zero-order chi connectivity index (χ0) is 27.4. The number of allylic oxidation sites excluding steroid dienone is 2. The molecule has 1 aromatic heterocycles. The molecule has 0 radical (unpaired) electrons. The van der Waals surface area contributed by atoms with E-state index in [0.29, 0.717) is 29.9 Å². The van der Waals surface area contributed by atoms with E-state index in [9.17, 15) is 14.7 Å². The van der Waals surface area contributed by atoms with Crippen LogP contribution >= 0.6 is 11.3 Å². The van der Waals surface area contributed by atoms with Crippen molar-refractivity contribution in [1.29, 1.82) is 0 Å². The maximum absolute atomic E-state index is 13.7. The molecule has 10 heteroatoms. The van der Waals surface area contributed by atoms with Crippen LogP contribution in [0.5, 0.6) is 5.75 Å². The molecule has 1 fully saturated rings. The van der Waals surface area contributed by atoms with E-state index in [-0.39, 0.29) is 28.9 Å². The van der Waals surface area contributed by atoms with Gasteiger partial charge in [-0.1, -0.05) is 19.1 Å². The van der Waals surface area contributed by atoms with Gasteiger partial charge in [0, 0.05) is 28.6 Å². The maximum atomic E-state index is 13.7. The van der Waals surface area contributed by atoms with Crippen molar-refractivity contribution in [3.8, 4) is 16.2 Å². The van der Waals surface area contributed by atoms with Gasteiger partial charge in [-0.3, -0.25) is 9.80 Å². The summed E-state index contributed by atoms with van der Waals surface area (Å²) in [6.07, 6.45) is 9.13. The molecule has 0 spiro atoms.